The van der Waals surface area contributed by atoms with Crippen LogP contribution < -0.4 is 15.4 Å². The maximum Gasteiger partial charge on any atom is 0.197 e. The normalized spacial score (nSPS) is 10.1. The second kappa shape index (κ2) is 4.29. The minimum absolute atomic E-state index is 0.0947. The van der Waals surface area contributed by atoms with Crippen LogP contribution in [-0.2, 0) is 0 Å². The number of nitrogen functional groups attached to an aromatic ring is 1. The van der Waals surface area contributed by atoms with E-state index in [-0.39, 0.29) is 6.61 Å². The van der Waals surface area contributed by atoms with Gasteiger partial charge in [-0.25, -0.2) is 0 Å². The summed E-state index contributed by atoms with van der Waals surface area (Å²) in [6.45, 7) is 0.634. The van der Waals surface area contributed by atoms with Crippen molar-refractivity contribution in [1.82, 2.24) is 4.37 Å². The second-order valence-corrected chi connectivity index (χ2v) is 3.30. The third-order valence-corrected chi connectivity index (χ3v) is 2.60. The Bertz CT molecular complexity index is 277. The highest BCUT2D eigenvalue weighted by atomic mass is 32.1. The smallest absolute Gasteiger partial charge is 0.197 e. The molecule has 1 aromatic rings. The number of aliphatic hydroxyl groups is 1. The maximum atomic E-state index is 8.74. The molecule has 6 heteroatoms. The lowest BCUT2D eigenvalue weighted by Gasteiger charge is -2.15. The summed E-state index contributed by atoms with van der Waals surface area (Å²) in [7, 11) is 3.40. The highest BCUT2D eigenvalue weighted by molar-refractivity contribution is 7.11. The van der Waals surface area contributed by atoms with Crippen LogP contribution in [0.4, 0.5) is 10.8 Å². The van der Waals surface area contributed by atoms with Crippen molar-refractivity contribution in [2.24, 2.45) is 0 Å². The van der Waals surface area contributed by atoms with Crippen LogP contribution >= 0.6 is 11.5 Å². The first kappa shape index (κ1) is 10.1. The molecule has 0 saturated heterocycles. The average Bonchev–Trinajstić information content (AvgIpc) is 2.47. The Kier molecular flexibility index (Phi) is 3.32. The minimum Gasteiger partial charge on any atom is -0.490 e. The number of rotatable bonds is 4. The lowest BCUT2D eigenvalue weighted by Crippen LogP contribution is -2.20. The van der Waals surface area contributed by atoms with E-state index in [0.29, 0.717) is 18.1 Å². The van der Waals surface area contributed by atoms with E-state index in [0.717, 1.165) is 5.00 Å². The van der Waals surface area contributed by atoms with Crippen molar-refractivity contribution in [2.75, 3.05) is 37.9 Å². The molecule has 0 radical (unpaired) electrons. The van der Waals surface area contributed by atoms with E-state index in [4.69, 9.17) is 15.6 Å². The molecule has 0 aliphatic carbocycles. The number of methoxy groups -OCH3 is 1. The molecule has 0 bridgehead atoms. The lowest BCUT2D eigenvalue weighted by atomic mass is 10.5. The van der Waals surface area contributed by atoms with E-state index in [2.05, 4.69) is 4.37 Å². The Morgan fingerprint density at radius 1 is 1.69 bits per heavy atom. The standard InChI is InChI=1S/C7H13N3O2S/c1-10(3-4-11)7-5(12-2)6(8)9-13-7/h11H,3-4H2,1-2H3,(H2,8,9). The molecule has 0 unspecified atom stereocenters. The molecule has 3 N–H and O–H groups in total. The van der Waals surface area contributed by atoms with Crippen molar-refractivity contribution in [2.45, 2.75) is 0 Å². The number of aromatic nitrogens is 1. The molecule has 13 heavy (non-hydrogen) atoms. The van der Waals surface area contributed by atoms with Crippen molar-refractivity contribution < 1.29 is 9.84 Å². The van der Waals surface area contributed by atoms with E-state index >= 15 is 0 Å². The van der Waals surface area contributed by atoms with Gasteiger partial charge in [0.25, 0.3) is 0 Å². The van der Waals surface area contributed by atoms with Gasteiger partial charge in [-0.2, -0.15) is 4.37 Å². The molecule has 0 saturated carbocycles. The fourth-order valence-electron chi connectivity index (χ4n) is 0.971. The number of likely N-dealkylation sites (N-methyl/N-ethyl adjacent to an activating group) is 1. The van der Waals surface area contributed by atoms with Crippen molar-refractivity contribution in [3.05, 3.63) is 0 Å². The number of nitrogens with two attached hydrogens (primary N) is 1. The summed E-state index contributed by atoms with van der Waals surface area (Å²) >= 11 is 1.26. The molecule has 5 nitrogen and oxygen atoms in total. The molecule has 0 atom stereocenters. The van der Waals surface area contributed by atoms with Crippen LogP contribution in [0.2, 0.25) is 0 Å². The van der Waals surface area contributed by atoms with E-state index in [9.17, 15) is 0 Å². The fourth-order valence-corrected chi connectivity index (χ4v) is 1.74. The zero-order valence-electron chi connectivity index (χ0n) is 7.65. The van der Waals surface area contributed by atoms with E-state index in [1.54, 1.807) is 7.11 Å². The van der Waals surface area contributed by atoms with Gasteiger partial charge in [0.05, 0.1) is 13.7 Å². The van der Waals surface area contributed by atoms with Gasteiger partial charge in [0.2, 0.25) is 0 Å². The number of hydrogen-bond donors (Lipinski definition) is 2. The Morgan fingerprint density at radius 3 is 2.92 bits per heavy atom. The number of hydrogen-bond acceptors (Lipinski definition) is 6. The molecule has 0 aromatic carbocycles. The van der Waals surface area contributed by atoms with E-state index in [1.807, 2.05) is 11.9 Å². The van der Waals surface area contributed by atoms with Gasteiger partial charge in [-0.1, -0.05) is 0 Å². The molecule has 0 fully saturated rings. The summed E-state index contributed by atoms with van der Waals surface area (Å²) < 4.78 is 9.05. The monoisotopic (exact) mass is 203 g/mol. The third kappa shape index (κ3) is 2.02. The predicted octanol–water partition coefficient (Wildman–Crippen LogP) is 0.162. The fraction of sp³-hybridized carbons (Fsp3) is 0.571. The highest BCUT2D eigenvalue weighted by Crippen LogP contribution is 2.36. The number of aliphatic hydroxyl groups excluding tert-OH is 1. The summed E-state index contributed by atoms with van der Waals surface area (Å²) in [6, 6.07) is 0. The van der Waals surface area contributed by atoms with Crippen LogP contribution in [0.3, 0.4) is 0 Å². The Balaban J connectivity index is 2.86. The zero-order valence-corrected chi connectivity index (χ0v) is 8.47. The Hall–Kier alpha value is -1.01. The molecule has 1 rings (SSSR count). The SMILES string of the molecule is COc1c(N)nsc1N(C)CCO. The Morgan fingerprint density at radius 2 is 2.38 bits per heavy atom. The topological polar surface area (TPSA) is 71.6 Å². The molecule has 1 aromatic heterocycles. The van der Waals surface area contributed by atoms with Crippen molar-refractivity contribution >= 4 is 22.4 Å². The predicted molar refractivity (Wildman–Crippen MR) is 53.4 cm³/mol. The van der Waals surface area contributed by atoms with Crippen LogP contribution in [0.5, 0.6) is 5.75 Å². The van der Waals surface area contributed by atoms with Gasteiger partial charge in [0.1, 0.15) is 0 Å². The number of nitrogens with zero attached hydrogens (tertiary/aromatic N) is 2. The molecule has 74 valence electrons. The summed E-state index contributed by atoms with van der Waals surface area (Å²) in [5.74, 6) is 0.980. The molecule has 0 spiro atoms. The molecular weight excluding hydrogens is 190 g/mol. The van der Waals surface area contributed by atoms with Gasteiger partial charge >= 0.3 is 0 Å². The molecule has 1 heterocycles. The quantitative estimate of drug-likeness (QED) is 0.729. The van der Waals surface area contributed by atoms with Crippen molar-refractivity contribution in [1.29, 1.82) is 0 Å². The first-order valence-corrected chi connectivity index (χ1v) is 4.59. The second-order valence-electron chi connectivity index (χ2n) is 2.55. The maximum absolute atomic E-state index is 8.74. The van der Waals surface area contributed by atoms with Crippen LogP contribution in [0.1, 0.15) is 0 Å². The van der Waals surface area contributed by atoms with Crippen LogP contribution in [-0.4, -0.2) is 36.8 Å². The summed E-state index contributed by atoms with van der Waals surface area (Å²) in [5.41, 5.74) is 5.57. The summed E-state index contributed by atoms with van der Waals surface area (Å²) in [5, 5.41) is 9.58. The average molecular weight is 203 g/mol. The Labute approximate surface area is 80.9 Å². The van der Waals surface area contributed by atoms with Gasteiger partial charge in [-0.05, 0) is 11.5 Å². The third-order valence-electron chi connectivity index (χ3n) is 1.64. The van der Waals surface area contributed by atoms with Crippen molar-refractivity contribution in [3.63, 3.8) is 0 Å². The van der Waals surface area contributed by atoms with Gasteiger partial charge < -0.3 is 20.5 Å². The van der Waals surface area contributed by atoms with E-state index < -0.39 is 0 Å². The van der Waals surface area contributed by atoms with Crippen molar-refractivity contribution in [3.8, 4) is 5.75 Å². The van der Waals surface area contributed by atoms with Gasteiger partial charge in [0, 0.05) is 13.6 Å². The minimum atomic E-state index is 0.0947. The lowest BCUT2D eigenvalue weighted by molar-refractivity contribution is 0.304. The first-order valence-electron chi connectivity index (χ1n) is 3.81. The first-order chi connectivity index (χ1) is 6.20. The largest absolute Gasteiger partial charge is 0.490 e. The van der Waals surface area contributed by atoms with Gasteiger partial charge in [0.15, 0.2) is 16.6 Å². The van der Waals surface area contributed by atoms with E-state index in [1.165, 1.54) is 11.5 Å². The molecular formula is C7H13N3O2S. The molecule has 0 aliphatic rings. The number of ether oxygens (including phenoxy) is 1. The summed E-state index contributed by atoms with van der Waals surface area (Å²) in [6.07, 6.45) is 0. The molecule has 0 aliphatic heterocycles. The highest BCUT2D eigenvalue weighted by Gasteiger charge is 2.14. The van der Waals surface area contributed by atoms with Crippen LogP contribution in [0, 0.1) is 0 Å². The number of anilines is 2. The molecule has 0 amide bonds. The van der Waals surface area contributed by atoms with Crippen LogP contribution in [0.15, 0.2) is 0 Å². The van der Waals surface area contributed by atoms with Gasteiger partial charge in [-0.15, -0.1) is 0 Å². The summed E-state index contributed by atoms with van der Waals surface area (Å²) in [4.78, 5) is 1.85. The van der Waals surface area contributed by atoms with Gasteiger partial charge in [-0.3, -0.25) is 0 Å². The zero-order chi connectivity index (χ0) is 9.84. The van der Waals surface area contributed by atoms with Crippen LogP contribution in [0.25, 0.3) is 0 Å².